The van der Waals surface area contributed by atoms with Crippen LogP contribution in [-0.2, 0) is 26.3 Å². The Hall–Kier alpha value is -2.91. The van der Waals surface area contributed by atoms with Crippen molar-refractivity contribution >= 4 is 27.7 Å². The van der Waals surface area contributed by atoms with Gasteiger partial charge in [0.2, 0.25) is 11.8 Å². The van der Waals surface area contributed by atoms with Gasteiger partial charge in [-0.3, -0.25) is 9.59 Å². The Morgan fingerprint density at radius 3 is 2.21 bits per heavy atom. The summed E-state index contributed by atoms with van der Waals surface area (Å²) in [6.07, 6.45) is 0.757. The van der Waals surface area contributed by atoms with E-state index >= 15 is 0 Å². The number of carbonyl (C=O) groups excluding carboxylic acids is 2. The predicted octanol–water partition coefficient (Wildman–Crippen LogP) is 2.94. The number of nitrogens with one attached hydrogen (secondary N) is 1. The van der Waals surface area contributed by atoms with E-state index in [0.717, 1.165) is 26.2 Å². The number of para-hydroxylation sites is 1. The molecule has 0 saturated heterocycles. The Balaban J connectivity index is 2.42. The molecule has 0 aliphatic heterocycles. The lowest BCUT2D eigenvalue weighted by atomic mass is 10.1. The van der Waals surface area contributed by atoms with Crippen LogP contribution < -0.4 is 9.62 Å². The van der Waals surface area contributed by atoms with Crippen LogP contribution in [0, 0.1) is 6.92 Å². The zero-order chi connectivity index (χ0) is 25.5. The maximum atomic E-state index is 13.6. The average Bonchev–Trinajstić information content (AvgIpc) is 2.80. The number of amides is 2. The number of hydrogen-bond acceptors (Lipinski definition) is 4. The highest BCUT2D eigenvalue weighted by molar-refractivity contribution is 7.90. The van der Waals surface area contributed by atoms with Gasteiger partial charge in [-0.15, -0.1) is 0 Å². The Kier molecular flexibility index (Phi) is 9.64. The van der Waals surface area contributed by atoms with Gasteiger partial charge < -0.3 is 10.2 Å². The van der Waals surface area contributed by atoms with Crippen molar-refractivity contribution in [2.24, 2.45) is 0 Å². The Labute approximate surface area is 203 Å². The molecule has 0 aliphatic rings. The molecule has 0 fully saturated rings. The van der Waals surface area contributed by atoms with Gasteiger partial charge in [-0.2, -0.15) is 12.7 Å². The van der Waals surface area contributed by atoms with Crippen LogP contribution in [0.25, 0.3) is 0 Å². The molecule has 0 aliphatic carbocycles. The second-order valence-electron chi connectivity index (χ2n) is 8.64. The SMILES string of the molecule is CC[C@H](C)NC(=O)[C@H](C)N(Cc1cccc(C)c1)C(=O)CN(c1ccccc1)S(=O)(=O)N(C)C. The van der Waals surface area contributed by atoms with Crippen molar-refractivity contribution in [3.8, 4) is 0 Å². The van der Waals surface area contributed by atoms with Crippen LogP contribution in [0.4, 0.5) is 5.69 Å². The van der Waals surface area contributed by atoms with Crippen LogP contribution in [0.5, 0.6) is 0 Å². The molecule has 1 N–H and O–H groups in total. The van der Waals surface area contributed by atoms with E-state index in [9.17, 15) is 18.0 Å². The van der Waals surface area contributed by atoms with Gasteiger partial charge in [0.25, 0.3) is 0 Å². The van der Waals surface area contributed by atoms with E-state index in [-0.39, 0.29) is 18.5 Å². The molecule has 8 nitrogen and oxygen atoms in total. The topological polar surface area (TPSA) is 90.0 Å². The monoisotopic (exact) mass is 488 g/mol. The summed E-state index contributed by atoms with van der Waals surface area (Å²) in [6.45, 7) is 7.24. The lowest BCUT2D eigenvalue weighted by Crippen LogP contribution is -2.53. The molecule has 2 rings (SSSR count). The standard InChI is InChI=1S/C25H36N4O4S/c1-7-20(3)26-25(31)21(4)28(17-22-13-11-12-19(2)16-22)24(30)18-29(34(32,33)27(5)6)23-14-9-8-10-15-23/h8-16,20-21H,7,17-18H2,1-6H3,(H,26,31)/t20-,21-/m0/s1. The second kappa shape index (κ2) is 12.0. The Morgan fingerprint density at radius 1 is 1.00 bits per heavy atom. The molecule has 0 bridgehead atoms. The molecule has 2 amide bonds. The van der Waals surface area contributed by atoms with E-state index in [0.29, 0.717) is 5.69 Å². The van der Waals surface area contributed by atoms with Gasteiger partial charge in [0.1, 0.15) is 12.6 Å². The fourth-order valence-electron chi connectivity index (χ4n) is 3.37. The number of anilines is 1. The molecular formula is C25H36N4O4S. The number of carbonyl (C=O) groups is 2. The fourth-order valence-corrected chi connectivity index (χ4v) is 4.42. The minimum Gasteiger partial charge on any atom is -0.352 e. The molecule has 2 aromatic rings. The minimum atomic E-state index is -3.95. The molecular weight excluding hydrogens is 452 g/mol. The maximum absolute atomic E-state index is 13.6. The molecule has 0 saturated carbocycles. The van der Waals surface area contributed by atoms with Crippen LogP contribution in [0.2, 0.25) is 0 Å². The van der Waals surface area contributed by atoms with Gasteiger partial charge >= 0.3 is 10.2 Å². The molecule has 34 heavy (non-hydrogen) atoms. The molecule has 0 heterocycles. The highest BCUT2D eigenvalue weighted by atomic mass is 32.2. The fraction of sp³-hybridized carbons (Fsp3) is 0.440. The summed E-state index contributed by atoms with van der Waals surface area (Å²) in [5.41, 5.74) is 2.26. The molecule has 0 aromatic heterocycles. The number of nitrogens with zero attached hydrogens (tertiary/aromatic N) is 3. The highest BCUT2D eigenvalue weighted by Gasteiger charge is 2.32. The second-order valence-corrected chi connectivity index (χ2v) is 10.7. The first kappa shape index (κ1) is 27.3. The van der Waals surface area contributed by atoms with Crippen LogP contribution in [0.3, 0.4) is 0 Å². The van der Waals surface area contributed by atoms with E-state index in [1.165, 1.54) is 19.0 Å². The summed E-state index contributed by atoms with van der Waals surface area (Å²) < 4.78 is 28.3. The Bertz CT molecular complexity index is 1070. The zero-order valence-corrected chi connectivity index (χ0v) is 21.7. The molecule has 2 aromatic carbocycles. The van der Waals surface area contributed by atoms with Crippen molar-refractivity contribution in [3.05, 3.63) is 65.7 Å². The normalized spacial score (nSPS) is 13.3. The van der Waals surface area contributed by atoms with Gasteiger partial charge in [0.15, 0.2) is 0 Å². The third kappa shape index (κ3) is 7.04. The third-order valence-corrected chi connectivity index (χ3v) is 7.49. The van der Waals surface area contributed by atoms with E-state index in [1.807, 2.05) is 45.0 Å². The smallest absolute Gasteiger partial charge is 0.304 e. The van der Waals surface area contributed by atoms with E-state index in [1.54, 1.807) is 37.3 Å². The average molecular weight is 489 g/mol. The Morgan fingerprint density at radius 2 is 1.65 bits per heavy atom. The van der Waals surface area contributed by atoms with Crippen molar-refractivity contribution in [2.45, 2.75) is 52.7 Å². The van der Waals surface area contributed by atoms with Crippen LogP contribution in [0.15, 0.2) is 54.6 Å². The lowest BCUT2D eigenvalue weighted by Gasteiger charge is -2.33. The number of benzene rings is 2. The van der Waals surface area contributed by atoms with Gasteiger partial charge in [-0.25, -0.2) is 4.31 Å². The first-order valence-corrected chi connectivity index (χ1v) is 12.8. The molecule has 0 spiro atoms. The van der Waals surface area contributed by atoms with E-state index < -0.39 is 28.7 Å². The quantitative estimate of drug-likeness (QED) is 0.527. The number of aryl methyl sites for hydroxylation is 1. The van der Waals surface area contributed by atoms with Crippen molar-refractivity contribution in [1.82, 2.24) is 14.5 Å². The summed E-state index contributed by atoms with van der Waals surface area (Å²) in [6, 6.07) is 15.3. The number of rotatable bonds is 11. The summed E-state index contributed by atoms with van der Waals surface area (Å²) in [5.74, 6) is -0.750. The summed E-state index contributed by atoms with van der Waals surface area (Å²) in [7, 11) is -1.11. The third-order valence-electron chi connectivity index (χ3n) is 5.67. The first-order chi connectivity index (χ1) is 16.0. The van der Waals surface area contributed by atoms with Crippen molar-refractivity contribution in [1.29, 1.82) is 0 Å². The number of hydrogen-bond donors (Lipinski definition) is 1. The molecule has 0 radical (unpaired) electrons. The van der Waals surface area contributed by atoms with Crippen LogP contribution in [-0.4, -0.2) is 62.2 Å². The summed E-state index contributed by atoms with van der Waals surface area (Å²) in [5, 5.41) is 2.92. The van der Waals surface area contributed by atoms with Gasteiger partial charge in [0.05, 0.1) is 5.69 Å². The molecule has 9 heteroatoms. The summed E-state index contributed by atoms with van der Waals surface area (Å²) >= 11 is 0. The molecule has 186 valence electrons. The predicted molar refractivity (Wildman–Crippen MR) is 135 cm³/mol. The van der Waals surface area contributed by atoms with Crippen molar-refractivity contribution in [3.63, 3.8) is 0 Å². The zero-order valence-electron chi connectivity index (χ0n) is 20.9. The highest BCUT2D eigenvalue weighted by Crippen LogP contribution is 2.20. The summed E-state index contributed by atoms with van der Waals surface area (Å²) in [4.78, 5) is 28.0. The van der Waals surface area contributed by atoms with Crippen molar-refractivity contribution < 1.29 is 18.0 Å². The van der Waals surface area contributed by atoms with Gasteiger partial charge in [-0.1, -0.05) is 55.0 Å². The molecule has 0 unspecified atom stereocenters. The largest absolute Gasteiger partial charge is 0.352 e. The maximum Gasteiger partial charge on any atom is 0.304 e. The first-order valence-electron chi connectivity index (χ1n) is 11.4. The molecule has 2 atom stereocenters. The van der Waals surface area contributed by atoms with Gasteiger partial charge in [-0.05, 0) is 44.9 Å². The van der Waals surface area contributed by atoms with Gasteiger partial charge in [0, 0.05) is 26.7 Å². The van der Waals surface area contributed by atoms with Crippen LogP contribution >= 0.6 is 0 Å². The van der Waals surface area contributed by atoms with Crippen LogP contribution in [0.1, 0.15) is 38.3 Å². The van der Waals surface area contributed by atoms with E-state index in [2.05, 4.69) is 5.32 Å². The van der Waals surface area contributed by atoms with Crippen molar-refractivity contribution in [2.75, 3.05) is 24.9 Å². The van der Waals surface area contributed by atoms with E-state index in [4.69, 9.17) is 0 Å². The lowest BCUT2D eigenvalue weighted by molar-refractivity contribution is -0.139. The minimum absolute atomic E-state index is 0.0409.